The quantitative estimate of drug-likeness (QED) is 0.906. The van der Waals surface area contributed by atoms with Gasteiger partial charge in [-0.1, -0.05) is 29.0 Å². The maximum Gasteiger partial charge on any atom is 0.416 e. The molecule has 1 aromatic heterocycles. The van der Waals surface area contributed by atoms with Crippen LogP contribution in [-0.2, 0) is 16.2 Å². The highest BCUT2D eigenvalue weighted by molar-refractivity contribution is 7.94. The third-order valence-electron chi connectivity index (χ3n) is 2.52. The van der Waals surface area contributed by atoms with E-state index in [-0.39, 0.29) is 19.9 Å². The Morgan fingerprint density at radius 1 is 1.33 bits per heavy atom. The fourth-order valence-electron chi connectivity index (χ4n) is 1.56. The van der Waals surface area contributed by atoms with Crippen LogP contribution in [0.4, 0.5) is 18.9 Å². The zero-order chi connectivity index (χ0) is 15.8. The second-order valence-electron chi connectivity index (χ2n) is 4.07. The van der Waals surface area contributed by atoms with Crippen LogP contribution >= 0.6 is 22.9 Å². The Kier molecular flexibility index (Phi) is 4.18. The lowest BCUT2D eigenvalue weighted by Gasteiger charge is -2.13. The molecule has 114 valence electrons. The SMILES string of the molecule is Cc1ccc(NS(=O)(=O)c2cnc(Cl)s2)cc1C(F)(F)F. The van der Waals surface area contributed by atoms with E-state index in [1.807, 2.05) is 0 Å². The molecule has 2 rings (SSSR count). The molecule has 0 amide bonds. The van der Waals surface area contributed by atoms with Crippen molar-refractivity contribution in [1.29, 1.82) is 0 Å². The van der Waals surface area contributed by atoms with Crippen molar-refractivity contribution in [2.24, 2.45) is 0 Å². The number of sulfonamides is 1. The number of hydrogen-bond donors (Lipinski definition) is 1. The third-order valence-corrected chi connectivity index (χ3v) is 5.47. The van der Waals surface area contributed by atoms with E-state index in [9.17, 15) is 21.6 Å². The first-order chi connectivity index (χ1) is 9.59. The maximum atomic E-state index is 12.8. The van der Waals surface area contributed by atoms with Gasteiger partial charge in [-0.25, -0.2) is 13.4 Å². The van der Waals surface area contributed by atoms with E-state index in [1.54, 1.807) is 0 Å². The molecule has 0 saturated heterocycles. The number of benzene rings is 1. The van der Waals surface area contributed by atoms with Gasteiger partial charge in [0.05, 0.1) is 11.8 Å². The zero-order valence-corrected chi connectivity index (χ0v) is 12.8. The lowest BCUT2D eigenvalue weighted by atomic mass is 10.1. The van der Waals surface area contributed by atoms with Gasteiger partial charge < -0.3 is 0 Å². The second-order valence-corrected chi connectivity index (χ2v) is 7.59. The minimum absolute atomic E-state index is 0.00582. The van der Waals surface area contributed by atoms with Crippen LogP contribution in [0.15, 0.2) is 28.6 Å². The average Bonchev–Trinajstić information content (AvgIpc) is 2.77. The molecule has 0 unspecified atom stereocenters. The van der Waals surface area contributed by atoms with Crippen LogP contribution in [0.2, 0.25) is 4.47 Å². The number of aromatic nitrogens is 1. The minimum atomic E-state index is -4.56. The molecule has 10 heteroatoms. The molecule has 2 aromatic rings. The predicted molar refractivity (Wildman–Crippen MR) is 74.1 cm³/mol. The van der Waals surface area contributed by atoms with Crippen molar-refractivity contribution in [1.82, 2.24) is 4.98 Å². The summed E-state index contributed by atoms with van der Waals surface area (Å²) in [5.41, 5.74) is -1.08. The Morgan fingerprint density at radius 2 is 2.00 bits per heavy atom. The molecule has 0 aliphatic rings. The Hall–Kier alpha value is -1.32. The van der Waals surface area contributed by atoms with Crippen LogP contribution in [0, 0.1) is 6.92 Å². The van der Waals surface area contributed by atoms with Gasteiger partial charge in [0.1, 0.15) is 0 Å². The smallest absolute Gasteiger partial charge is 0.279 e. The topological polar surface area (TPSA) is 59.1 Å². The number of rotatable bonds is 3. The molecular weight excluding hydrogens is 349 g/mol. The molecular formula is C11H8ClF3N2O2S2. The van der Waals surface area contributed by atoms with E-state index >= 15 is 0 Å². The van der Waals surface area contributed by atoms with Crippen LogP contribution in [0.25, 0.3) is 0 Å². The number of thiazole rings is 1. The van der Waals surface area contributed by atoms with Gasteiger partial charge in [-0.2, -0.15) is 13.2 Å². The molecule has 0 radical (unpaired) electrons. The normalized spacial score (nSPS) is 12.4. The fraction of sp³-hybridized carbons (Fsp3) is 0.182. The number of hydrogen-bond acceptors (Lipinski definition) is 4. The molecule has 21 heavy (non-hydrogen) atoms. The van der Waals surface area contributed by atoms with E-state index < -0.39 is 21.8 Å². The van der Waals surface area contributed by atoms with Crippen molar-refractivity contribution in [3.05, 3.63) is 40.0 Å². The summed E-state index contributed by atoms with van der Waals surface area (Å²) in [5, 5.41) is 0. The third kappa shape index (κ3) is 3.66. The lowest BCUT2D eigenvalue weighted by Crippen LogP contribution is -2.13. The largest absolute Gasteiger partial charge is 0.416 e. The van der Waals surface area contributed by atoms with Crippen LogP contribution < -0.4 is 4.72 Å². The summed E-state index contributed by atoms with van der Waals surface area (Å²) in [6.07, 6.45) is -3.52. The van der Waals surface area contributed by atoms with Crippen LogP contribution in [-0.4, -0.2) is 13.4 Å². The molecule has 0 spiro atoms. The first-order valence-corrected chi connectivity index (χ1v) is 8.09. The van der Waals surface area contributed by atoms with Crippen molar-refractivity contribution >= 4 is 38.6 Å². The molecule has 1 heterocycles. The van der Waals surface area contributed by atoms with Crippen molar-refractivity contribution < 1.29 is 21.6 Å². The van der Waals surface area contributed by atoms with Crippen LogP contribution in [0.5, 0.6) is 0 Å². The van der Waals surface area contributed by atoms with E-state index in [4.69, 9.17) is 11.6 Å². The molecule has 0 aliphatic carbocycles. The van der Waals surface area contributed by atoms with Gasteiger partial charge in [-0.15, -0.1) is 0 Å². The summed E-state index contributed by atoms with van der Waals surface area (Å²) in [4.78, 5) is 3.58. The Morgan fingerprint density at radius 3 is 2.52 bits per heavy atom. The van der Waals surface area contributed by atoms with Crippen LogP contribution in [0.1, 0.15) is 11.1 Å². The van der Waals surface area contributed by atoms with Gasteiger partial charge in [-0.05, 0) is 24.6 Å². The highest BCUT2D eigenvalue weighted by Crippen LogP contribution is 2.34. The van der Waals surface area contributed by atoms with E-state index in [2.05, 4.69) is 9.71 Å². The predicted octanol–water partition coefficient (Wildman–Crippen LogP) is 3.92. The summed E-state index contributed by atoms with van der Waals surface area (Å²) in [6, 6.07) is 3.20. The maximum absolute atomic E-state index is 12.8. The van der Waals surface area contributed by atoms with Gasteiger partial charge in [0.15, 0.2) is 8.68 Å². The number of halogens is 4. The first-order valence-electron chi connectivity index (χ1n) is 5.41. The van der Waals surface area contributed by atoms with Gasteiger partial charge >= 0.3 is 6.18 Å². The standard InChI is InChI=1S/C11H8ClF3N2O2S2/c1-6-2-3-7(4-8(6)11(13,14)15)17-21(18,19)9-5-16-10(12)20-9/h2-5,17H,1H3. The highest BCUT2D eigenvalue weighted by Gasteiger charge is 2.32. The first kappa shape index (κ1) is 16.1. The molecule has 0 atom stereocenters. The summed E-state index contributed by atoms with van der Waals surface area (Å²) in [5.74, 6) is 0. The van der Waals surface area contributed by atoms with E-state index in [0.29, 0.717) is 11.3 Å². The second kappa shape index (κ2) is 5.47. The Labute approximate surface area is 127 Å². The van der Waals surface area contributed by atoms with Gasteiger partial charge in [0, 0.05) is 5.69 Å². The average molecular weight is 357 g/mol. The van der Waals surface area contributed by atoms with Crippen molar-refractivity contribution in [3.8, 4) is 0 Å². The minimum Gasteiger partial charge on any atom is -0.279 e. The molecule has 1 N–H and O–H groups in total. The molecule has 1 aromatic carbocycles. The fourth-order valence-corrected chi connectivity index (χ4v) is 3.90. The summed E-state index contributed by atoms with van der Waals surface area (Å²) in [6.45, 7) is 1.30. The van der Waals surface area contributed by atoms with Gasteiger partial charge in [0.25, 0.3) is 10.0 Å². The van der Waals surface area contributed by atoms with Gasteiger partial charge in [0.2, 0.25) is 0 Å². The lowest BCUT2D eigenvalue weighted by molar-refractivity contribution is -0.138. The van der Waals surface area contributed by atoms with Crippen molar-refractivity contribution in [2.75, 3.05) is 4.72 Å². The van der Waals surface area contributed by atoms with Crippen LogP contribution in [0.3, 0.4) is 0 Å². The number of nitrogens with zero attached hydrogens (tertiary/aromatic N) is 1. The number of aryl methyl sites for hydroxylation is 1. The van der Waals surface area contributed by atoms with Crippen molar-refractivity contribution in [3.63, 3.8) is 0 Å². The molecule has 0 fully saturated rings. The van der Waals surface area contributed by atoms with Gasteiger partial charge in [-0.3, -0.25) is 4.72 Å². The molecule has 0 aliphatic heterocycles. The number of nitrogens with one attached hydrogen (secondary N) is 1. The molecule has 4 nitrogen and oxygen atoms in total. The van der Waals surface area contributed by atoms with E-state index in [1.165, 1.54) is 19.1 Å². The van der Waals surface area contributed by atoms with E-state index in [0.717, 1.165) is 12.3 Å². The summed E-state index contributed by atoms with van der Waals surface area (Å²) in [7, 11) is -4.01. The summed E-state index contributed by atoms with van der Waals surface area (Å²) >= 11 is 6.25. The number of anilines is 1. The Bertz CT molecular complexity index is 772. The highest BCUT2D eigenvalue weighted by atomic mass is 35.5. The zero-order valence-electron chi connectivity index (χ0n) is 10.4. The monoisotopic (exact) mass is 356 g/mol. The van der Waals surface area contributed by atoms with Crippen molar-refractivity contribution in [2.45, 2.75) is 17.3 Å². The summed E-state index contributed by atoms with van der Waals surface area (Å²) < 4.78 is 64.2. The number of alkyl halides is 3. The molecule has 0 bridgehead atoms. The Balaban J connectivity index is 2.36. The molecule has 0 saturated carbocycles.